The molecule has 2 atom stereocenters. The lowest BCUT2D eigenvalue weighted by atomic mass is 9.82. The maximum absolute atomic E-state index is 12.4. The summed E-state index contributed by atoms with van der Waals surface area (Å²) in [6, 6.07) is 6.53. The van der Waals surface area contributed by atoms with Crippen LogP contribution < -0.4 is 11.1 Å². The summed E-state index contributed by atoms with van der Waals surface area (Å²) in [6.45, 7) is 6.31. The fraction of sp³-hybridized carbons (Fsp3) is 0.526. The van der Waals surface area contributed by atoms with Gasteiger partial charge in [-0.25, -0.2) is 0 Å². The third-order valence-electron chi connectivity index (χ3n) is 4.60. The fourth-order valence-corrected chi connectivity index (χ4v) is 3.11. The van der Waals surface area contributed by atoms with E-state index in [1.54, 1.807) is 12.1 Å². The van der Waals surface area contributed by atoms with Crippen LogP contribution in [0.1, 0.15) is 62.4 Å². The van der Waals surface area contributed by atoms with Crippen molar-refractivity contribution in [1.29, 1.82) is 0 Å². The Morgan fingerprint density at radius 2 is 1.83 bits per heavy atom. The normalized spacial score (nSPS) is 19.6. The molecule has 24 heavy (non-hydrogen) atoms. The predicted molar refractivity (Wildman–Crippen MR) is 92.6 cm³/mol. The summed E-state index contributed by atoms with van der Waals surface area (Å²) in [5.41, 5.74) is 7.07. The highest BCUT2D eigenvalue weighted by Gasteiger charge is 2.32. The predicted octanol–water partition coefficient (Wildman–Crippen LogP) is 2.33. The number of carbonyl (C=O) groups excluding carboxylic acids is 3. The van der Waals surface area contributed by atoms with Crippen LogP contribution >= 0.6 is 0 Å². The number of ketones is 1. The van der Waals surface area contributed by atoms with Gasteiger partial charge in [-0.2, -0.15) is 0 Å². The zero-order valence-electron chi connectivity index (χ0n) is 14.6. The number of hydrogen-bond donors (Lipinski definition) is 2. The highest BCUT2D eigenvalue weighted by Crippen LogP contribution is 2.25. The monoisotopic (exact) mass is 330 g/mol. The number of hydrogen-bond acceptors (Lipinski definition) is 3. The van der Waals surface area contributed by atoms with Gasteiger partial charge in [-0.15, -0.1) is 0 Å². The van der Waals surface area contributed by atoms with Gasteiger partial charge in [0, 0.05) is 18.4 Å². The Morgan fingerprint density at radius 3 is 2.33 bits per heavy atom. The van der Waals surface area contributed by atoms with E-state index in [0.29, 0.717) is 18.4 Å². The molecule has 1 saturated carbocycles. The Kier molecular flexibility index (Phi) is 5.42. The van der Waals surface area contributed by atoms with Gasteiger partial charge in [0.1, 0.15) is 11.8 Å². The van der Waals surface area contributed by atoms with Crippen molar-refractivity contribution in [2.75, 3.05) is 0 Å². The van der Waals surface area contributed by atoms with Crippen LogP contribution in [0.3, 0.4) is 0 Å². The number of rotatable bonds is 4. The Hall–Kier alpha value is -2.17. The van der Waals surface area contributed by atoms with Gasteiger partial charge in [0.25, 0.3) is 5.91 Å². The third-order valence-corrected chi connectivity index (χ3v) is 4.60. The molecule has 0 saturated heterocycles. The lowest BCUT2D eigenvalue weighted by Gasteiger charge is -2.28. The van der Waals surface area contributed by atoms with Crippen LogP contribution in [-0.4, -0.2) is 23.6 Å². The second kappa shape index (κ2) is 7.16. The van der Waals surface area contributed by atoms with Gasteiger partial charge in [0.2, 0.25) is 5.91 Å². The van der Waals surface area contributed by atoms with Gasteiger partial charge < -0.3 is 11.1 Å². The quantitative estimate of drug-likeness (QED) is 0.888. The second-order valence-corrected chi connectivity index (χ2v) is 7.58. The molecule has 1 aromatic carbocycles. The first-order valence-electron chi connectivity index (χ1n) is 8.41. The lowest BCUT2D eigenvalue weighted by molar-refractivity contribution is -0.124. The van der Waals surface area contributed by atoms with Crippen molar-refractivity contribution in [2.24, 2.45) is 11.7 Å². The second-order valence-electron chi connectivity index (χ2n) is 7.58. The number of carbonyl (C=O) groups is 3. The zero-order valence-corrected chi connectivity index (χ0v) is 14.6. The first-order chi connectivity index (χ1) is 11.2. The number of primary amides is 1. The first kappa shape index (κ1) is 18.2. The smallest absolute Gasteiger partial charge is 0.251 e. The van der Waals surface area contributed by atoms with Crippen molar-refractivity contribution in [3.63, 3.8) is 0 Å². The molecule has 1 aromatic rings. The zero-order chi connectivity index (χ0) is 17.9. The molecule has 5 heteroatoms. The van der Waals surface area contributed by atoms with Gasteiger partial charge in [-0.05, 0) is 41.9 Å². The summed E-state index contributed by atoms with van der Waals surface area (Å²) >= 11 is 0. The van der Waals surface area contributed by atoms with E-state index >= 15 is 0 Å². The number of Topliss-reactive ketones (excluding diaryl/α,β-unsaturated/α-hetero) is 1. The van der Waals surface area contributed by atoms with E-state index in [2.05, 4.69) is 26.1 Å². The van der Waals surface area contributed by atoms with E-state index < -0.39 is 11.9 Å². The molecule has 0 unspecified atom stereocenters. The van der Waals surface area contributed by atoms with Gasteiger partial charge in [0.05, 0.1) is 0 Å². The van der Waals surface area contributed by atoms with Crippen LogP contribution in [0.5, 0.6) is 0 Å². The summed E-state index contributed by atoms with van der Waals surface area (Å²) in [5, 5.41) is 2.72. The van der Waals surface area contributed by atoms with E-state index in [4.69, 9.17) is 5.73 Å². The van der Waals surface area contributed by atoms with Crippen molar-refractivity contribution >= 4 is 17.6 Å². The minimum atomic E-state index is -0.802. The van der Waals surface area contributed by atoms with Crippen molar-refractivity contribution < 1.29 is 14.4 Å². The molecule has 5 nitrogen and oxygen atoms in total. The van der Waals surface area contributed by atoms with Crippen LogP contribution in [0.15, 0.2) is 24.3 Å². The average molecular weight is 330 g/mol. The van der Waals surface area contributed by atoms with E-state index in [-0.39, 0.29) is 23.0 Å². The molecule has 1 fully saturated rings. The first-order valence-corrected chi connectivity index (χ1v) is 8.41. The van der Waals surface area contributed by atoms with Crippen LogP contribution in [-0.2, 0) is 15.0 Å². The molecule has 2 amide bonds. The molecule has 0 bridgehead atoms. The summed E-state index contributed by atoms with van der Waals surface area (Å²) < 4.78 is 0. The standard InChI is InChI=1S/C19H26N2O3/c1-19(2,3)14-9-7-12(8-10-14)18(24)21-16(17(20)23)13-5-4-6-15(22)11-13/h7-10,13,16H,4-6,11H2,1-3H3,(H2,20,23)(H,21,24)/t13-,16+/m0/s1. The summed E-state index contributed by atoms with van der Waals surface area (Å²) in [5.74, 6) is -1.01. The molecule has 130 valence electrons. The maximum atomic E-state index is 12.4. The molecule has 3 N–H and O–H groups in total. The molecule has 0 radical (unpaired) electrons. The molecular weight excluding hydrogens is 304 g/mol. The van der Waals surface area contributed by atoms with Crippen LogP contribution in [0.4, 0.5) is 0 Å². The fourth-order valence-electron chi connectivity index (χ4n) is 3.11. The number of nitrogens with one attached hydrogen (secondary N) is 1. The van der Waals surface area contributed by atoms with Gasteiger partial charge in [0.15, 0.2) is 0 Å². The molecule has 0 heterocycles. The Labute approximate surface area is 143 Å². The highest BCUT2D eigenvalue weighted by molar-refractivity contribution is 5.97. The van der Waals surface area contributed by atoms with Gasteiger partial charge in [-0.3, -0.25) is 14.4 Å². The Morgan fingerprint density at radius 1 is 1.21 bits per heavy atom. The SMILES string of the molecule is CC(C)(C)c1ccc(C(=O)N[C@@H](C(N)=O)[C@H]2CCCC(=O)C2)cc1. The lowest BCUT2D eigenvalue weighted by Crippen LogP contribution is -2.50. The van der Waals surface area contributed by atoms with Crippen LogP contribution in [0.25, 0.3) is 0 Å². The highest BCUT2D eigenvalue weighted by atomic mass is 16.2. The van der Waals surface area contributed by atoms with Gasteiger partial charge in [-0.1, -0.05) is 32.9 Å². The summed E-state index contributed by atoms with van der Waals surface area (Å²) in [4.78, 5) is 35.8. The molecule has 0 aromatic heterocycles. The van der Waals surface area contributed by atoms with Crippen LogP contribution in [0, 0.1) is 5.92 Å². The van der Waals surface area contributed by atoms with Gasteiger partial charge >= 0.3 is 0 Å². The van der Waals surface area contributed by atoms with E-state index in [9.17, 15) is 14.4 Å². The Balaban J connectivity index is 2.10. The minimum absolute atomic E-state index is 0.00717. The number of benzene rings is 1. The van der Waals surface area contributed by atoms with Crippen molar-refractivity contribution in [3.8, 4) is 0 Å². The molecular formula is C19H26N2O3. The molecule has 2 rings (SSSR count). The maximum Gasteiger partial charge on any atom is 0.251 e. The Bertz CT molecular complexity index is 629. The molecule has 1 aliphatic carbocycles. The molecule has 0 aliphatic heterocycles. The number of amides is 2. The molecule has 0 spiro atoms. The minimum Gasteiger partial charge on any atom is -0.368 e. The topological polar surface area (TPSA) is 89.3 Å². The largest absolute Gasteiger partial charge is 0.368 e. The van der Waals surface area contributed by atoms with E-state index in [0.717, 1.165) is 18.4 Å². The van der Waals surface area contributed by atoms with Crippen molar-refractivity contribution in [1.82, 2.24) is 5.32 Å². The van der Waals surface area contributed by atoms with Crippen molar-refractivity contribution in [2.45, 2.75) is 57.9 Å². The van der Waals surface area contributed by atoms with E-state index in [1.165, 1.54) is 0 Å². The molecule has 1 aliphatic rings. The van der Waals surface area contributed by atoms with Crippen LogP contribution in [0.2, 0.25) is 0 Å². The summed E-state index contributed by atoms with van der Waals surface area (Å²) in [6.07, 6.45) is 2.31. The van der Waals surface area contributed by atoms with Crippen molar-refractivity contribution in [3.05, 3.63) is 35.4 Å². The summed E-state index contributed by atoms with van der Waals surface area (Å²) in [7, 11) is 0. The average Bonchev–Trinajstić information content (AvgIpc) is 2.51. The number of nitrogens with two attached hydrogens (primary N) is 1. The van der Waals surface area contributed by atoms with E-state index in [1.807, 2.05) is 12.1 Å². The third kappa shape index (κ3) is 4.43.